The fourth-order valence-corrected chi connectivity index (χ4v) is 2.72. The summed E-state index contributed by atoms with van der Waals surface area (Å²) in [5, 5.41) is 15.4. The van der Waals surface area contributed by atoms with Crippen LogP contribution in [0.1, 0.15) is 69.6 Å². The van der Waals surface area contributed by atoms with Crippen molar-refractivity contribution in [2.75, 3.05) is 0 Å². The number of aromatic hydroxyl groups is 1. The molecule has 0 amide bonds. The SMILES string of the molecule is Cc1ccc(C)n1/N=C/c1cc(C(C)(C)C)cc(C(C)(C)C)c1O. The number of hydrogen-bond donors (Lipinski definition) is 1. The highest BCUT2D eigenvalue weighted by Gasteiger charge is 2.24. The molecular weight excluding hydrogens is 296 g/mol. The highest BCUT2D eigenvalue weighted by Crippen LogP contribution is 2.37. The van der Waals surface area contributed by atoms with Gasteiger partial charge in [0.25, 0.3) is 0 Å². The topological polar surface area (TPSA) is 37.5 Å². The molecule has 1 heterocycles. The Kier molecular flexibility index (Phi) is 4.67. The summed E-state index contributed by atoms with van der Waals surface area (Å²) in [6.45, 7) is 17.0. The van der Waals surface area contributed by atoms with Crippen molar-refractivity contribution in [1.82, 2.24) is 4.68 Å². The number of phenols is 1. The van der Waals surface area contributed by atoms with Crippen LogP contribution in [0.2, 0.25) is 0 Å². The van der Waals surface area contributed by atoms with Gasteiger partial charge in [-0.15, -0.1) is 0 Å². The third-order valence-corrected chi connectivity index (χ3v) is 4.36. The van der Waals surface area contributed by atoms with Gasteiger partial charge in [-0.05, 0) is 48.4 Å². The maximum Gasteiger partial charge on any atom is 0.128 e. The van der Waals surface area contributed by atoms with E-state index in [1.54, 1.807) is 6.21 Å². The number of aryl methyl sites for hydroxylation is 2. The van der Waals surface area contributed by atoms with Crippen LogP contribution in [0.4, 0.5) is 0 Å². The minimum Gasteiger partial charge on any atom is -0.507 e. The summed E-state index contributed by atoms with van der Waals surface area (Å²) >= 11 is 0. The van der Waals surface area contributed by atoms with E-state index in [0.29, 0.717) is 5.75 Å². The molecule has 130 valence electrons. The molecule has 1 aromatic carbocycles. The summed E-state index contributed by atoms with van der Waals surface area (Å²) in [4.78, 5) is 0. The fourth-order valence-electron chi connectivity index (χ4n) is 2.72. The van der Waals surface area contributed by atoms with E-state index in [9.17, 15) is 5.11 Å². The molecule has 0 spiro atoms. The monoisotopic (exact) mass is 326 g/mol. The van der Waals surface area contributed by atoms with Crippen LogP contribution in [0.15, 0.2) is 29.4 Å². The van der Waals surface area contributed by atoms with Crippen LogP contribution in [-0.2, 0) is 10.8 Å². The maximum absolute atomic E-state index is 10.8. The molecule has 1 N–H and O–H groups in total. The fraction of sp³-hybridized carbons (Fsp3) is 0.476. The van der Waals surface area contributed by atoms with E-state index in [1.807, 2.05) is 36.7 Å². The minimum atomic E-state index is -0.132. The van der Waals surface area contributed by atoms with E-state index in [0.717, 1.165) is 22.5 Å². The van der Waals surface area contributed by atoms with E-state index in [2.05, 4.69) is 52.7 Å². The number of phenolic OH excluding ortho intramolecular Hbond substituents is 1. The van der Waals surface area contributed by atoms with Gasteiger partial charge in [0, 0.05) is 22.5 Å². The molecule has 1 aromatic heterocycles. The largest absolute Gasteiger partial charge is 0.507 e. The van der Waals surface area contributed by atoms with Crippen LogP contribution in [0.3, 0.4) is 0 Å². The number of nitrogens with zero attached hydrogens (tertiary/aromatic N) is 2. The number of rotatable bonds is 2. The van der Waals surface area contributed by atoms with Crippen molar-refractivity contribution in [2.24, 2.45) is 5.10 Å². The lowest BCUT2D eigenvalue weighted by atomic mass is 9.79. The van der Waals surface area contributed by atoms with Gasteiger partial charge in [0.1, 0.15) is 5.75 Å². The van der Waals surface area contributed by atoms with Crippen LogP contribution in [0.5, 0.6) is 5.75 Å². The molecule has 0 atom stereocenters. The highest BCUT2D eigenvalue weighted by molar-refractivity contribution is 5.85. The Bertz CT molecular complexity index is 749. The van der Waals surface area contributed by atoms with Crippen LogP contribution in [0, 0.1) is 13.8 Å². The Morgan fingerprint density at radius 3 is 1.92 bits per heavy atom. The standard InChI is InChI=1S/C21H30N2O/c1-14-9-10-15(2)23(14)22-13-16-11-17(20(3,4)5)12-18(19(16)24)21(6,7)8/h9-13,24H,1-8H3/b22-13+. The molecule has 3 nitrogen and oxygen atoms in total. The first kappa shape index (κ1) is 18.3. The molecule has 0 saturated heterocycles. The molecule has 0 saturated carbocycles. The van der Waals surface area contributed by atoms with Gasteiger partial charge in [0.2, 0.25) is 0 Å². The van der Waals surface area contributed by atoms with Gasteiger partial charge in [-0.3, -0.25) is 0 Å². The van der Waals surface area contributed by atoms with E-state index < -0.39 is 0 Å². The molecule has 0 fully saturated rings. The molecule has 0 bridgehead atoms. The van der Waals surface area contributed by atoms with E-state index >= 15 is 0 Å². The van der Waals surface area contributed by atoms with Crippen LogP contribution >= 0.6 is 0 Å². The quantitative estimate of drug-likeness (QED) is 0.748. The van der Waals surface area contributed by atoms with Gasteiger partial charge >= 0.3 is 0 Å². The Hall–Kier alpha value is -2.03. The molecule has 2 rings (SSSR count). The molecule has 3 heteroatoms. The molecule has 0 aliphatic carbocycles. The number of benzene rings is 1. The summed E-state index contributed by atoms with van der Waals surface area (Å²) in [7, 11) is 0. The van der Waals surface area contributed by atoms with Crippen molar-refractivity contribution in [1.29, 1.82) is 0 Å². The second-order valence-corrected chi connectivity index (χ2v) is 8.63. The molecular formula is C21H30N2O. The lowest BCUT2D eigenvalue weighted by Gasteiger charge is -2.27. The van der Waals surface area contributed by atoms with Gasteiger partial charge in [-0.2, -0.15) is 5.10 Å². The second kappa shape index (κ2) is 6.12. The average molecular weight is 326 g/mol. The lowest BCUT2D eigenvalue weighted by Crippen LogP contribution is -2.17. The zero-order valence-electron chi connectivity index (χ0n) is 16.2. The first-order valence-electron chi connectivity index (χ1n) is 8.48. The third-order valence-electron chi connectivity index (χ3n) is 4.36. The minimum absolute atomic E-state index is 0.00950. The summed E-state index contributed by atoms with van der Waals surface area (Å²) in [6.07, 6.45) is 1.76. The zero-order valence-corrected chi connectivity index (χ0v) is 16.2. The zero-order chi connectivity index (χ0) is 18.3. The van der Waals surface area contributed by atoms with Gasteiger partial charge in [-0.25, -0.2) is 4.68 Å². The van der Waals surface area contributed by atoms with Crippen LogP contribution < -0.4 is 0 Å². The summed E-state index contributed by atoms with van der Waals surface area (Å²) in [5.41, 5.74) is 4.95. The van der Waals surface area contributed by atoms with E-state index in [-0.39, 0.29) is 10.8 Å². The Morgan fingerprint density at radius 1 is 0.917 bits per heavy atom. The van der Waals surface area contributed by atoms with E-state index in [4.69, 9.17) is 0 Å². The second-order valence-electron chi connectivity index (χ2n) is 8.63. The summed E-state index contributed by atoms with van der Waals surface area (Å²) < 4.78 is 1.89. The predicted molar refractivity (Wildman–Crippen MR) is 102 cm³/mol. The Labute approximate surface area is 146 Å². The number of hydrogen-bond acceptors (Lipinski definition) is 2. The van der Waals surface area contributed by atoms with Gasteiger partial charge < -0.3 is 5.11 Å². The Balaban J connectivity index is 2.61. The van der Waals surface area contributed by atoms with Crippen molar-refractivity contribution in [3.63, 3.8) is 0 Å². The van der Waals surface area contributed by atoms with Gasteiger partial charge in [-0.1, -0.05) is 47.6 Å². The normalized spacial score (nSPS) is 13.0. The van der Waals surface area contributed by atoms with E-state index in [1.165, 1.54) is 5.56 Å². The molecule has 2 aromatic rings. The van der Waals surface area contributed by atoms with Crippen LogP contribution in [0.25, 0.3) is 0 Å². The van der Waals surface area contributed by atoms with Gasteiger partial charge in [0.05, 0.1) is 6.21 Å². The molecule has 24 heavy (non-hydrogen) atoms. The predicted octanol–water partition coefficient (Wildman–Crippen LogP) is 5.29. The molecule has 0 radical (unpaired) electrons. The van der Waals surface area contributed by atoms with Crippen molar-refractivity contribution in [3.05, 3.63) is 52.3 Å². The lowest BCUT2D eigenvalue weighted by molar-refractivity contribution is 0.444. The molecule has 0 aliphatic heterocycles. The smallest absolute Gasteiger partial charge is 0.128 e. The van der Waals surface area contributed by atoms with Crippen molar-refractivity contribution in [2.45, 2.75) is 66.2 Å². The molecule has 0 aliphatic rings. The summed E-state index contributed by atoms with van der Waals surface area (Å²) in [5.74, 6) is 0.321. The highest BCUT2D eigenvalue weighted by atomic mass is 16.3. The van der Waals surface area contributed by atoms with Gasteiger partial charge in [0.15, 0.2) is 0 Å². The van der Waals surface area contributed by atoms with Crippen molar-refractivity contribution >= 4 is 6.21 Å². The third kappa shape index (κ3) is 3.72. The first-order chi connectivity index (χ1) is 10.9. The van der Waals surface area contributed by atoms with Crippen molar-refractivity contribution in [3.8, 4) is 5.75 Å². The number of aromatic nitrogens is 1. The van der Waals surface area contributed by atoms with Crippen LogP contribution in [-0.4, -0.2) is 16.0 Å². The van der Waals surface area contributed by atoms with Crippen molar-refractivity contribution < 1.29 is 5.11 Å². The maximum atomic E-state index is 10.8. The first-order valence-corrected chi connectivity index (χ1v) is 8.48. The average Bonchev–Trinajstić information content (AvgIpc) is 2.74. The summed E-state index contributed by atoms with van der Waals surface area (Å²) in [6, 6.07) is 8.25. The Morgan fingerprint density at radius 2 is 1.46 bits per heavy atom. The molecule has 0 unspecified atom stereocenters.